The molecule has 1 aliphatic rings. The van der Waals surface area contributed by atoms with Gasteiger partial charge >= 0.3 is 0 Å². The molecule has 1 aromatic rings. The third-order valence-electron chi connectivity index (χ3n) is 3.27. The maximum Gasteiger partial charge on any atom is 0.261 e. The summed E-state index contributed by atoms with van der Waals surface area (Å²) in [6.07, 6.45) is 0.937. The predicted molar refractivity (Wildman–Crippen MR) is 74.3 cm³/mol. The van der Waals surface area contributed by atoms with Gasteiger partial charge in [-0.15, -0.1) is 0 Å². The van der Waals surface area contributed by atoms with Crippen LogP contribution in [0.2, 0.25) is 5.02 Å². The summed E-state index contributed by atoms with van der Waals surface area (Å²) in [7, 11) is 1.37. The molecule has 7 heteroatoms. The molecule has 0 spiro atoms. The zero-order valence-corrected chi connectivity index (χ0v) is 12.7. The molecule has 2 unspecified atom stereocenters. The van der Waals surface area contributed by atoms with Gasteiger partial charge in [0.25, 0.3) is 15.0 Å². The summed E-state index contributed by atoms with van der Waals surface area (Å²) in [6.45, 7) is 3.70. The molecule has 0 aromatic heterocycles. The molecular weight excluding hydrogens is 309 g/mol. The van der Waals surface area contributed by atoms with Crippen LogP contribution < -0.4 is 5.32 Å². The van der Waals surface area contributed by atoms with Crippen molar-refractivity contribution in [1.29, 1.82) is 0 Å². The summed E-state index contributed by atoms with van der Waals surface area (Å²) in [5.41, 5.74) is 0.780. The molecule has 0 saturated heterocycles. The Morgan fingerprint density at radius 2 is 2.00 bits per heavy atom. The number of halogens is 2. The molecule has 0 bridgehead atoms. The minimum Gasteiger partial charge on any atom is -0.349 e. The highest BCUT2D eigenvalue weighted by molar-refractivity contribution is 8.13. The third kappa shape index (κ3) is 3.22. The first kappa shape index (κ1) is 14.6. The summed E-state index contributed by atoms with van der Waals surface area (Å²) >= 11 is 5.95. The van der Waals surface area contributed by atoms with E-state index >= 15 is 0 Å². The molecule has 0 radical (unpaired) electrons. The lowest BCUT2D eigenvalue weighted by atomic mass is 10.1. The first-order chi connectivity index (χ1) is 8.70. The Labute approximate surface area is 121 Å². The molecule has 1 aliphatic carbocycles. The van der Waals surface area contributed by atoms with Crippen LogP contribution in [0.5, 0.6) is 0 Å². The number of benzene rings is 1. The summed E-state index contributed by atoms with van der Waals surface area (Å²) in [5.74, 6) is 0.135. The van der Waals surface area contributed by atoms with Crippen molar-refractivity contribution in [1.82, 2.24) is 5.32 Å². The number of hydrogen-bond acceptors (Lipinski definition) is 3. The number of carbonyl (C=O) groups is 1. The van der Waals surface area contributed by atoms with E-state index in [1.54, 1.807) is 6.92 Å². The van der Waals surface area contributed by atoms with Crippen LogP contribution in [-0.2, 0) is 9.05 Å². The van der Waals surface area contributed by atoms with Crippen molar-refractivity contribution < 1.29 is 13.2 Å². The van der Waals surface area contributed by atoms with Gasteiger partial charge in [-0.05, 0) is 37.0 Å². The van der Waals surface area contributed by atoms with E-state index in [0.29, 0.717) is 11.5 Å². The largest absolute Gasteiger partial charge is 0.349 e. The second-order valence-electron chi connectivity index (χ2n) is 4.81. The van der Waals surface area contributed by atoms with Crippen LogP contribution in [0.4, 0.5) is 0 Å². The van der Waals surface area contributed by atoms with Crippen LogP contribution >= 0.6 is 22.3 Å². The standard InChI is InChI=1S/C12H13Cl2NO3S/c1-6-3-11(6)15-12(16)9-4-8(19(14,17)18)5-10(13)7(9)2/h4-6,11H,3H2,1-2H3,(H,15,16). The lowest BCUT2D eigenvalue weighted by molar-refractivity contribution is 0.0948. The van der Waals surface area contributed by atoms with Crippen molar-refractivity contribution in [3.63, 3.8) is 0 Å². The van der Waals surface area contributed by atoms with E-state index in [1.165, 1.54) is 12.1 Å². The Morgan fingerprint density at radius 3 is 2.47 bits per heavy atom. The van der Waals surface area contributed by atoms with E-state index in [0.717, 1.165) is 6.42 Å². The second kappa shape index (κ2) is 4.96. The summed E-state index contributed by atoms with van der Waals surface area (Å²) in [4.78, 5) is 11.9. The van der Waals surface area contributed by atoms with Crippen LogP contribution in [-0.4, -0.2) is 20.4 Å². The number of carbonyl (C=O) groups excluding carboxylic acids is 1. The van der Waals surface area contributed by atoms with Crippen molar-refractivity contribution in [2.24, 2.45) is 5.92 Å². The van der Waals surface area contributed by atoms with Crippen LogP contribution in [0, 0.1) is 12.8 Å². The van der Waals surface area contributed by atoms with E-state index in [1.807, 2.05) is 6.92 Å². The Morgan fingerprint density at radius 1 is 1.42 bits per heavy atom. The highest BCUT2D eigenvalue weighted by atomic mass is 35.7. The van der Waals surface area contributed by atoms with E-state index in [2.05, 4.69) is 5.32 Å². The molecular formula is C12H13Cl2NO3S. The molecule has 1 saturated carbocycles. The van der Waals surface area contributed by atoms with Gasteiger partial charge in [0.1, 0.15) is 0 Å². The minimum absolute atomic E-state index is 0.155. The fourth-order valence-corrected chi connectivity index (χ4v) is 2.87. The van der Waals surface area contributed by atoms with E-state index in [-0.39, 0.29) is 27.4 Å². The average molecular weight is 322 g/mol. The highest BCUT2D eigenvalue weighted by Crippen LogP contribution is 2.31. The summed E-state index contributed by atoms with van der Waals surface area (Å²) in [5, 5.41) is 3.04. The summed E-state index contributed by atoms with van der Waals surface area (Å²) in [6, 6.07) is 2.66. The van der Waals surface area contributed by atoms with Gasteiger partial charge in [0, 0.05) is 27.3 Å². The van der Waals surface area contributed by atoms with Crippen molar-refractivity contribution in [2.45, 2.75) is 31.2 Å². The number of amides is 1. The predicted octanol–water partition coefficient (Wildman–Crippen LogP) is 2.71. The fraction of sp³-hybridized carbons (Fsp3) is 0.417. The van der Waals surface area contributed by atoms with Crippen molar-refractivity contribution >= 4 is 37.2 Å². The molecule has 2 atom stereocenters. The first-order valence-electron chi connectivity index (χ1n) is 5.76. The van der Waals surface area contributed by atoms with Gasteiger partial charge < -0.3 is 5.32 Å². The molecule has 1 fully saturated rings. The van der Waals surface area contributed by atoms with E-state index in [9.17, 15) is 13.2 Å². The van der Waals surface area contributed by atoms with E-state index in [4.69, 9.17) is 22.3 Å². The van der Waals surface area contributed by atoms with Crippen molar-refractivity contribution in [2.75, 3.05) is 0 Å². The molecule has 104 valence electrons. The van der Waals surface area contributed by atoms with Gasteiger partial charge in [-0.2, -0.15) is 0 Å². The lowest BCUT2D eigenvalue weighted by Crippen LogP contribution is -2.27. The van der Waals surface area contributed by atoms with Gasteiger partial charge in [0.15, 0.2) is 0 Å². The van der Waals surface area contributed by atoms with Gasteiger partial charge in [0.2, 0.25) is 0 Å². The zero-order valence-electron chi connectivity index (χ0n) is 10.4. The maximum atomic E-state index is 12.1. The first-order valence-corrected chi connectivity index (χ1v) is 8.44. The molecule has 2 rings (SSSR count). The fourth-order valence-electron chi connectivity index (χ4n) is 1.80. The van der Waals surface area contributed by atoms with Crippen LogP contribution in [0.15, 0.2) is 17.0 Å². The van der Waals surface area contributed by atoms with Gasteiger partial charge in [-0.3, -0.25) is 4.79 Å². The Hall–Kier alpha value is -0.780. The average Bonchev–Trinajstić information content (AvgIpc) is 2.96. The molecule has 0 aliphatic heterocycles. The topological polar surface area (TPSA) is 63.2 Å². The molecule has 1 amide bonds. The smallest absolute Gasteiger partial charge is 0.261 e. The lowest BCUT2D eigenvalue weighted by Gasteiger charge is -2.10. The SMILES string of the molecule is Cc1c(Cl)cc(S(=O)(=O)Cl)cc1C(=O)NC1CC1C. The highest BCUT2D eigenvalue weighted by Gasteiger charge is 2.34. The quantitative estimate of drug-likeness (QED) is 0.870. The molecule has 19 heavy (non-hydrogen) atoms. The van der Waals surface area contributed by atoms with E-state index < -0.39 is 9.05 Å². The maximum absolute atomic E-state index is 12.1. The summed E-state index contributed by atoms with van der Waals surface area (Å²) < 4.78 is 22.7. The second-order valence-corrected chi connectivity index (χ2v) is 7.78. The number of rotatable bonds is 3. The molecule has 1 aromatic carbocycles. The van der Waals surface area contributed by atoms with Crippen LogP contribution in [0.3, 0.4) is 0 Å². The Bertz CT molecular complexity index is 643. The van der Waals surface area contributed by atoms with Gasteiger partial charge in [0.05, 0.1) is 4.90 Å². The van der Waals surface area contributed by atoms with Crippen LogP contribution in [0.25, 0.3) is 0 Å². The molecule has 1 N–H and O–H groups in total. The van der Waals surface area contributed by atoms with Crippen molar-refractivity contribution in [3.05, 3.63) is 28.3 Å². The number of hydrogen-bond donors (Lipinski definition) is 1. The van der Waals surface area contributed by atoms with Gasteiger partial charge in [-0.25, -0.2) is 8.42 Å². The third-order valence-corrected chi connectivity index (χ3v) is 5.00. The number of nitrogens with one attached hydrogen (secondary N) is 1. The zero-order chi connectivity index (χ0) is 14.4. The molecule has 4 nitrogen and oxygen atoms in total. The normalized spacial score (nSPS) is 22.1. The van der Waals surface area contributed by atoms with Crippen LogP contribution in [0.1, 0.15) is 29.3 Å². The minimum atomic E-state index is -3.91. The Balaban J connectivity index is 2.38. The van der Waals surface area contributed by atoms with Crippen molar-refractivity contribution in [3.8, 4) is 0 Å². The monoisotopic (exact) mass is 321 g/mol. The van der Waals surface area contributed by atoms with Gasteiger partial charge in [-0.1, -0.05) is 18.5 Å². The molecule has 0 heterocycles. The Kier molecular flexibility index (Phi) is 3.82.